The molecule has 0 unspecified atom stereocenters. The average molecular weight is 495 g/mol. The van der Waals surface area contributed by atoms with E-state index in [0.717, 1.165) is 42.0 Å². The molecule has 0 aliphatic rings. The minimum atomic E-state index is -0.221. The van der Waals surface area contributed by atoms with Gasteiger partial charge in [-0.25, -0.2) is 4.39 Å². The SMILES string of the molecule is Fc1ccccc1-c1ccccc1-n1c2ccc(Br)cc2c2cc(Br)ccc21. The van der Waals surface area contributed by atoms with Gasteiger partial charge in [-0.3, -0.25) is 0 Å². The first-order chi connectivity index (χ1) is 13.6. The molecule has 1 aromatic heterocycles. The number of halogens is 3. The van der Waals surface area contributed by atoms with Crippen LogP contribution < -0.4 is 0 Å². The molecule has 0 radical (unpaired) electrons. The molecule has 28 heavy (non-hydrogen) atoms. The fourth-order valence-electron chi connectivity index (χ4n) is 3.80. The number of rotatable bonds is 2. The summed E-state index contributed by atoms with van der Waals surface area (Å²) in [6, 6.07) is 27.4. The molecule has 4 aromatic carbocycles. The number of fused-ring (bicyclic) bond motifs is 3. The average Bonchev–Trinajstić information content (AvgIpc) is 3.01. The van der Waals surface area contributed by atoms with Crippen molar-refractivity contribution in [3.05, 3.63) is 99.7 Å². The summed E-state index contributed by atoms with van der Waals surface area (Å²) in [6.45, 7) is 0. The normalized spacial score (nSPS) is 11.4. The van der Waals surface area contributed by atoms with E-state index in [1.54, 1.807) is 6.07 Å². The molecule has 1 heterocycles. The molecule has 0 N–H and O–H groups in total. The molecule has 0 amide bonds. The first-order valence-corrected chi connectivity index (χ1v) is 10.5. The number of hydrogen-bond donors (Lipinski definition) is 0. The van der Waals surface area contributed by atoms with Crippen LogP contribution in [-0.4, -0.2) is 4.57 Å². The van der Waals surface area contributed by atoms with E-state index in [2.05, 4.69) is 60.7 Å². The lowest BCUT2D eigenvalue weighted by atomic mass is 10.0. The zero-order valence-corrected chi connectivity index (χ0v) is 17.8. The van der Waals surface area contributed by atoms with E-state index in [4.69, 9.17) is 0 Å². The second-order valence-corrected chi connectivity index (χ2v) is 8.49. The molecule has 1 nitrogen and oxygen atoms in total. The molecule has 0 saturated carbocycles. The highest BCUT2D eigenvalue weighted by Gasteiger charge is 2.17. The van der Waals surface area contributed by atoms with Crippen LogP contribution in [0, 0.1) is 5.82 Å². The van der Waals surface area contributed by atoms with E-state index in [1.165, 1.54) is 6.07 Å². The Kier molecular flexibility index (Phi) is 4.33. The van der Waals surface area contributed by atoms with Crippen molar-refractivity contribution in [1.29, 1.82) is 0 Å². The van der Waals surface area contributed by atoms with Gasteiger partial charge in [0.2, 0.25) is 0 Å². The van der Waals surface area contributed by atoms with Gasteiger partial charge in [-0.05, 0) is 48.5 Å². The third kappa shape index (κ3) is 2.79. The first-order valence-electron chi connectivity index (χ1n) is 8.87. The van der Waals surface area contributed by atoms with E-state index in [1.807, 2.05) is 48.5 Å². The van der Waals surface area contributed by atoms with E-state index in [9.17, 15) is 4.39 Å². The zero-order chi connectivity index (χ0) is 19.3. The van der Waals surface area contributed by atoms with Gasteiger partial charge < -0.3 is 4.57 Å². The Morgan fingerprint density at radius 3 is 1.75 bits per heavy atom. The van der Waals surface area contributed by atoms with E-state index >= 15 is 0 Å². The van der Waals surface area contributed by atoms with E-state index in [0.29, 0.717) is 5.56 Å². The largest absolute Gasteiger partial charge is 0.309 e. The fraction of sp³-hybridized carbons (Fsp3) is 0. The molecule has 0 spiro atoms. The summed E-state index contributed by atoms with van der Waals surface area (Å²) in [4.78, 5) is 0. The maximum Gasteiger partial charge on any atom is 0.131 e. The Bertz CT molecular complexity index is 1290. The maximum atomic E-state index is 14.6. The molecule has 5 rings (SSSR count). The summed E-state index contributed by atoms with van der Waals surface area (Å²) in [5, 5.41) is 2.29. The summed E-state index contributed by atoms with van der Waals surface area (Å²) in [5.41, 5.74) is 4.59. The molecule has 0 fully saturated rings. The highest BCUT2D eigenvalue weighted by atomic mass is 79.9. The van der Waals surface area contributed by atoms with Gasteiger partial charge in [0, 0.05) is 30.8 Å². The lowest BCUT2D eigenvalue weighted by Crippen LogP contribution is -1.98. The van der Waals surface area contributed by atoms with Gasteiger partial charge in [0.05, 0.1) is 16.7 Å². The number of benzene rings is 4. The number of hydrogen-bond acceptors (Lipinski definition) is 0. The molecule has 0 bridgehead atoms. The van der Waals surface area contributed by atoms with Crippen molar-refractivity contribution in [3.63, 3.8) is 0 Å². The third-order valence-electron chi connectivity index (χ3n) is 5.00. The number of para-hydroxylation sites is 1. The lowest BCUT2D eigenvalue weighted by Gasteiger charge is -2.14. The predicted octanol–water partition coefficient (Wildman–Crippen LogP) is 8.11. The van der Waals surface area contributed by atoms with Gasteiger partial charge in [-0.15, -0.1) is 0 Å². The third-order valence-corrected chi connectivity index (χ3v) is 5.98. The Hall–Kier alpha value is -2.43. The minimum Gasteiger partial charge on any atom is -0.309 e. The highest BCUT2D eigenvalue weighted by Crippen LogP contribution is 2.38. The second kappa shape index (κ2) is 6.87. The van der Waals surface area contributed by atoms with Crippen LogP contribution in [-0.2, 0) is 0 Å². The van der Waals surface area contributed by atoms with Crippen LogP contribution in [0.4, 0.5) is 4.39 Å². The Balaban J connectivity index is 1.92. The molecule has 0 saturated heterocycles. The van der Waals surface area contributed by atoms with Crippen molar-refractivity contribution < 1.29 is 4.39 Å². The fourth-order valence-corrected chi connectivity index (χ4v) is 4.53. The van der Waals surface area contributed by atoms with Gasteiger partial charge >= 0.3 is 0 Å². The molecule has 136 valence electrons. The predicted molar refractivity (Wildman–Crippen MR) is 122 cm³/mol. The Morgan fingerprint density at radius 1 is 0.607 bits per heavy atom. The van der Waals surface area contributed by atoms with Crippen LogP contribution in [0.1, 0.15) is 0 Å². The van der Waals surface area contributed by atoms with Crippen molar-refractivity contribution in [2.75, 3.05) is 0 Å². The molecular weight excluding hydrogens is 481 g/mol. The molecule has 0 atom stereocenters. The standard InChI is InChI=1S/C24H14Br2FN/c25-15-9-11-23-19(13-15)20-14-16(26)10-12-24(20)28(23)22-8-4-2-6-18(22)17-5-1-3-7-21(17)27/h1-14H. The van der Waals surface area contributed by atoms with Gasteiger partial charge in [-0.1, -0.05) is 68.3 Å². The summed E-state index contributed by atoms with van der Waals surface area (Å²) < 4.78 is 18.9. The van der Waals surface area contributed by atoms with Crippen LogP contribution in [0.2, 0.25) is 0 Å². The van der Waals surface area contributed by atoms with Gasteiger partial charge in [-0.2, -0.15) is 0 Å². The summed E-state index contributed by atoms with van der Waals surface area (Å²) in [5.74, 6) is -0.221. The highest BCUT2D eigenvalue weighted by molar-refractivity contribution is 9.10. The van der Waals surface area contributed by atoms with E-state index in [-0.39, 0.29) is 5.82 Å². The van der Waals surface area contributed by atoms with Crippen LogP contribution >= 0.6 is 31.9 Å². The molecule has 4 heteroatoms. The molecule has 0 aliphatic heterocycles. The minimum absolute atomic E-state index is 0.221. The number of nitrogens with zero attached hydrogens (tertiary/aromatic N) is 1. The molecule has 0 aliphatic carbocycles. The Morgan fingerprint density at radius 2 is 1.14 bits per heavy atom. The summed E-state index contributed by atoms with van der Waals surface area (Å²) in [6.07, 6.45) is 0. The molecular formula is C24H14Br2FN. The van der Waals surface area contributed by atoms with E-state index < -0.39 is 0 Å². The van der Waals surface area contributed by atoms with Crippen molar-refractivity contribution in [3.8, 4) is 16.8 Å². The second-order valence-electron chi connectivity index (χ2n) is 6.66. The summed E-state index contributed by atoms with van der Waals surface area (Å²) in [7, 11) is 0. The smallest absolute Gasteiger partial charge is 0.131 e. The van der Waals surface area contributed by atoms with Crippen LogP contribution in [0.3, 0.4) is 0 Å². The quantitative estimate of drug-likeness (QED) is 0.233. The van der Waals surface area contributed by atoms with Gasteiger partial charge in [0.25, 0.3) is 0 Å². The zero-order valence-electron chi connectivity index (χ0n) is 14.7. The van der Waals surface area contributed by atoms with Crippen molar-refractivity contribution in [2.45, 2.75) is 0 Å². The van der Waals surface area contributed by atoms with Crippen molar-refractivity contribution in [2.24, 2.45) is 0 Å². The van der Waals surface area contributed by atoms with Crippen molar-refractivity contribution in [1.82, 2.24) is 4.57 Å². The van der Waals surface area contributed by atoms with Crippen LogP contribution in [0.25, 0.3) is 38.6 Å². The summed E-state index contributed by atoms with van der Waals surface area (Å²) >= 11 is 7.18. The van der Waals surface area contributed by atoms with Gasteiger partial charge in [0.15, 0.2) is 0 Å². The topological polar surface area (TPSA) is 4.93 Å². The van der Waals surface area contributed by atoms with Gasteiger partial charge in [0.1, 0.15) is 5.82 Å². The first kappa shape index (κ1) is 17.7. The molecule has 5 aromatic rings. The Labute approximate surface area is 178 Å². The number of aromatic nitrogens is 1. The van der Waals surface area contributed by atoms with Crippen molar-refractivity contribution >= 4 is 53.7 Å². The maximum absolute atomic E-state index is 14.6. The monoisotopic (exact) mass is 493 g/mol. The van der Waals surface area contributed by atoms with Crippen LogP contribution in [0.5, 0.6) is 0 Å². The van der Waals surface area contributed by atoms with Crippen LogP contribution in [0.15, 0.2) is 93.9 Å². The lowest BCUT2D eigenvalue weighted by molar-refractivity contribution is 0.631.